The van der Waals surface area contributed by atoms with E-state index in [1.165, 1.54) is 23.3 Å². The van der Waals surface area contributed by atoms with Gasteiger partial charge in [0.1, 0.15) is 0 Å². The van der Waals surface area contributed by atoms with Crippen LogP contribution in [-0.4, -0.2) is 17.3 Å². The molecule has 1 heterocycles. The van der Waals surface area contributed by atoms with E-state index in [4.69, 9.17) is 0 Å². The molecule has 0 spiro atoms. The molecule has 1 aliphatic rings. The zero-order valence-electron chi connectivity index (χ0n) is 12.9. The lowest BCUT2D eigenvalue weighted by atomic mass is 9.82. The molecule has 1 aromatic carbocycles. The highest BCUT2D eigenvalue weighted by Gasteiger charge is 2.28. The highest BCUT2D eigenvalue weighted by atomic mass is 32.2. The van der Waals surface area contributed by atoms with Crippen LogP contribution < -0.4 is 5.32 Å². The van der Waals surface area contributed by atoms with E-state index in [0.717, 1.165) is 6.54 Å². The largest absolute Gasteiger partial charge is 0.311 e. The minimum Gasteiger partial charge on any atom is -0.311 e. The van der Waals surface area contributed by atoms with Gasteiger partial charge in [0, 0.05) is 22.2 Å². The van der Waals surface area contributed by atoms with Crippen LogP contribution in [0, 0.1) is 5.41 Å². The first-order valence-corrected chi connectivity index (χ1v) is 8.13. The van der Waals surface area contributed by atoms with E-state index in [1.54, 1.807) is 0 Å². The number of nitrogens with one attached hydrogen (secondary N) is 1. The summed E-state index contributed by atoms with van der Waals surface area (Å²) in [4.78, 5) is 1.47. The summed E-state index contributed by atoms with van der Waals surface area (Å²) >= 11 is 2.03. The molecule has 1 atom stereocenters. The van der Waals surface area contributed by atoms with Crippen LogP contribution in [0.1, 0.15) is 46.6 Å². The zero-order valence-corrected chi connectivity index (χ0v) is 13.7. The Bertz CT molecular complexity index is 406. The molecule has 0 radical (unpaired) electrons. The maximum absolute atomic E-state index is 3.77. The van der Waals surface area contributed by atoms with Crippen molar-refractivity contribution in [3.63, 3.8) is 0 Å². The van der Waals surface area contributed by atoms with Gasteiger partial charge >= 0.3 is 0 Å². The van der Waals surface area contributed by atoms with E-state index in [2.05, 4.69) is 64.2 Å². The van der Waals surface area contributed by atoms with Crippen molar-refractivity contribution < 1.29 is 0 Å². The van der Waals surface area contributed by atoms with Crippen LogP contribution in [0.2, 0.25) is 0 Å². The van der Waals surface area contributed by atoms with E-state index in [1.807, 2.05) is 11.8 Å². The molecule has 0 aliphatic carbocycles. The Balaban J connectivity index is 1.85. The minimum absolute atomic E-state index is 0.216. The summed E-state index contributed by atoms with van der Waals surface area (Å²) in [6.45, 7) is 12.7. The topological polar surface area (TPSA) is 12.0 Å². The first kappa shape index (κ1) is 14.9. The van der Waals surface area contributed by atoms with E-state index in [0.29, 0.717) is 10.7 Å². The first-order chi connectivity index (χ1) is 8.75. The number of hydrogen-bond donors (Lipinski definition) is 1. The molecular formula is C17H27NS. The van der Waals surface area contributed by atoms with Crippen molar-refractivity contribution >= 4 is 11.8 Å². The summed E-state index contributed by atoms with van der Waals surface area (Å²) in [6, 6.07) is 8.81. The second-order valence-electron chi connectivity index (χ2n) is 7.55. The second kappa shape index (κ2) is 5.49. The Morgan fingerprint density at radius 1 is 1.16 bits per heavy atom. The molecule has 0 aromatic heterocycles. The SMILES string of the molecule is CC(C)(C)CC(C)(C)NCC1Cc2ccccc2S1. The van der Waals surface area contributed by atoms with Gasteiger partial charge in [0.25, 0.3) is 0 Å². The Morgan fingerprint density at radius 3 is 2.47 bits per heavy atom. The monoisotopic (exact) mass is 277 g/mol. The molecular weight excluding hydrogens is 250 g/mol. The van der Waals surface area contributed by atoms with Gasteiger partial charge in [-0.05, 0) is 43.7 Å². The second-order valence-corrected chi connectivity index (χ2v) is 8.90. The van der Waals surface area contributed by atoms with Gasteiger partial charge in [0.15, 0.2) is 0 Å². The molecule has 0 amide bonds. The number of rotatable bonds is 4. The normalized spacial score (nSPS) is 19.5. The number of fused-ring (bicyclic) bond motifs is 1. The summed E-state index contributed by atoms with van der Waals surface area (Å²) in [5.74, 6) is 0. The Labute approximate surface area is 122 Å². The molecule has 2 rings (SSSR count). The van der Waals surface area contributed by atoms with Gasteiger partial charge in [-0.25, -0.2) is 0 Å². The summed E-state index contributed by atoms with van der Waals surface area (Å²) in [5.41, 5.74) is 2.11. The van der Waals surface area contributed by atoms with Crippen LogP contribution in [0.5, 0.6) is 0 Å². The van der Waals surface area contributed by atoms with Crippen LogP contribution >= 0.6 is 11.8 Å². The van der Waals surface area contributed by atoms with Crippen molar-refractivity contribution in [3.05, 3.63) is 29.8 Å². The van der Waals surface area contributed by atoms with E-state index in [9.17, 15) is 0 Å². The first-order valence-electron chi connectivity index (χ1n) is 7.25. The fraction of sp³-hybridized carbons (Fsp3) is 0.647. The van der Waals surface area contributed by atoms with Gasteiger partial charge in [-0.15, -0.1) is 11.8 Å². The lowest BCUT2D eigenvalue weighted by molar-refractivity contribution is 0.243. The van der Waals surface area contributed by atoms with Crippen molar-refractivity contribution in [1.82, 2.24) is 5.32 Å². The van der Waals surface area contributed by atoms with Crippen LogP contribution in [0.15, 0.2) is 29.2 Å². The van der Waals surface area contributed by atoms with Gasteiger partial charge in [0.05, 0.1) is 0 Å². The van der Waals surface area contributed by atoms with E-state index < -0.39 is 0 Å². The maximum atomic E-state index is 3.77. The number of thioether (sulfide) groups is 1. The lowest BCUT2D eigenvalue weighted by Gasteiger charge is -2.34. The van der Waals surface area contributed by atoms with Gasteiger partial charge in [-0.3, -0.25) is 0 Å². The Morgan fingerprint density at radius 2 is 1.84 bits per heavy atom. The average Bonchev–Trinajstić information content (AvgIpc) is 2.66. The molecule has 2 heteroatoms. The third kappa shape index (κ3) is 4.54. The van der Waals surface area contributed by atoms with E-state index in [-0.39, 0.29) is 5.54 Å². The van der Waals surface area contributed by atoms with Gasteiger partial charge in [0.2, 0.25) is 0 Å². The fourth-order valence-electron chi connectivity index (χ4n) is 3.15. The molecule has 0 fully saturated rings. The highest BCUT2D eigenvalue weighted by Crippen LogP contribution is 2.36. The third-order valence-corrected chi connectivity index (χ3v) is 4.81. The van der Waals surface area contributed by atoms with Gasteiger partial charge < -0.3 is 5.32 Å². The highest BCUT2D eigenvalue weighted by molar-refractivity contribution is 8.00. The summed E-state index contributed by atoms with van der Waals surface area (Å²) in [6.07, 6.45) is 2.41. The molecule has 0 saturated heterocycles. The number of benzene rings is 1. The van der Waals surface area contributed by atoms with Gasteiger partial charge in [-0.1, -0.05) is 39.0 Å². The maximum Gasteiger partial charge on any atom is 0.0260 e. The molecule has 1 nitrogen and oxygen atoms in total. The van der Waals surface area contributed by atoms with Crippen molar-refractivity contribution in [2.45, 2.75) is 63.1 Å². The fourth-order valence-corrected chi connectivity index (χ4v) is 4.39. The van der Waals surface area contributed by atoms with Crippen molar-refractivity contribution in [2.75, 3.05) is 6.54 Å². The smallest absolute Gasteiger partial charge is 0.0260 e. The minimum atomic E-state index is 0.216. The van der Waals surface area contributed by atoms with Crippen molar-refractivity contribution in [2.24, 2.45) is 5.41 Å². The Hall–Kier alpha value is -0.470. The van der Waals surface area contributed by atoms with Crippen molar-refractivity contribution in [1.29, 1.82) is 0 Å². The van der Waals surface area contributed by atoms with Crippen LogP contribution in [-0.2, 0) is 6.42 Å². The van der Waals surface area contributed by atoms with Crippen LogP contribution in [0.25, 0.3) is 0 Å². The lowest BCUT2D eigenvalue weighted by Crippen LogP contribution is -2.45. The summed E-state index contributed by atoms with van der Waals surface area (Å²) in [5, 5.41) is 4.46. The predicted molar refractivity (Wildman–Crippen MR) is 85.9 cm³/mol. The van der Waals surface area contributed by atoms with Crippen LogP contribution in [0.3, 0.4) is 0 Å². The Kier molecular flexibility index (Phi) is 4.32. The van der Waals surface area contributed by atoms with Crippen LogP contribution in [0.4, 0.5) is 0 Å². The molecule has 1 aromatic rings. The predicted octanol–water partition coefficient (Wildman–Crippen LogP) is 4.51. The van der Waals surface area contributed by atoms with Crippen molar-refractivity contribution in [3.8, 4) is 0 Å². The average molecular weight is 277 g/mol. The molecule has 106 valence electrons. The summed E-state index contributed by atoms with van der Waals surface area (Å²) in [7, 11) is 0. The molecule has 0 bridgehead atoms. The number of hydrogen-bond acceptors (Lipinski definition) is 2. The quantitative estimate of drug-likeness (QED) is 0.869. The standard InChI is InChI=1S/C17H27NS/c1-16(2,3)12-17(4,5)18-11-14-10-13-8-6-7-9-15(13)19-14/h6-9,14,18H,10-12H2,1-5H3. The zero-order chi connectivity index (χ0) is 14.1. The van der Waals surface area contributed by atoms with Gasteiger partial charge in [-0.2, -0.15) is 0 Å². The molecule has 1 aliphatic heterocycles. The summed E-state index contributed by atoms with van der Waals surface area (Å²) < 4.78 is 0. The molecule has 1 unspecified atom stereocenters. The third-order valence-electron chi connectivity index (χ3n) is 3.49. The molecule has 19 heavy (non-hydrogen) atoms. The van der Waals surface area contributed by atoms with E-state index >= 15 is 0 Å². The molecule has 1 N–H and O–H groups in total. The molecule has 0 saturated carbocycles.